The third kappa shape index (κ3) is 4.49. The average Bonchev–Trinajstić information content (AvgIpc) is 3.02. The molecule has 1 fully saturated rings. The first-order valence-electron chi connectivity index (χ1n) is 8.35. The number of amides is 1. The van der Waals surface area contributed by atoms with E-state index in [1.807, 2.05) is 6.92 Å². The zero-order valence-electron chi connectivity index (χ0n) is 15.2. The van der Waals surface area contributed by atoms with Gasteiger partial charge in [-0.1, -0.05) is 6.07 Å². The van der Waals surface area contributed by atoms with Gasteiger partial charge in [-0.05, 0) is 60.7 Å². The summed E-state index contributed by atoms with van der Waals surface area (Å²) in [5, 5.41) is 14.3. The van der Waals surface area contributed by atoms with E-state index in [9.17, 15) is 14.9 Å². The van der Waals surface area contributed by atoms with Gasteiger partial charge in [-0.2, -0.15) is 0 Å². The SMILES string of the molecule is CCOc1ccc(N=C2NC(=O)/C(=C/c3ccc(OC)c([N+](=O)[O-])c3)S2)cc1. The van der Waals surface area contributed by atoms with Gasteiger partial charge in [-0.15, -0.1) is 0 Å². The Morgan fingerprint density at radius 3 is 2.64 bits per heavy atom. The second-order valence-electron chi connectivity index (χ2n) is 5.60. The summed E-state index contributed by atoms with van der Waals surface area (Å²) < 4.78 is 10.4. The lowest BCUT2D eigenvalue weighted by atomic mass is 10.1. The van der Waals surface area contributed by atoms with Gasteiger partial charge in [-0.3, -0.25) is 14.9 Å². The number of nitrogens with one attached hydrogen (secondary N) is 1. The van der Waals surface area contributed by atoms with E-state index in [-0.39, 0.29) is 17.3 Å². The maximum atomic E-state index is 12.2. The molecule has 0 spiro atoms. The second-order valence-corrected chi connectivity index (χ2v) is 6.63. The van der Waals surface area contributed by atoms with E-state index in [1.165, 1.54) is 31.0 Å². The van der Waals surface area contributed by atoms with Crippen molar-refractivity contribution in [2.75, 3.05) is 13.7 Å². The summed E-state index contributed by atoms with van der Waals surface area (Å²) in [6.45, 7) is 2.49. The van der Waals surface area contributed by atoms with Crippen LogP contribution in [0.15, 0.2) is 52.4 Å². The van der Waals surface area contributed by atoms with Crippen LogP contribution in [-0.2, 0) is 4.79 Å². The van der Waals surface area contributed by atoms with Gasteiger partial charge < -0.3 is 14.8 Å². The summed E-state index contributed by atoms with van der Waals surface area (Å²) in [6.07, 6.45) is 1.58. The van der Waals surface area contributed by atoms with Gasteiger partial charge in [0.15, 0.2) is 10.9 Å². The maximum absolute atomic E-state index is 12.2. The molecule has 28 heavy (non-hydrogen) atoms. The number of methoxy groups -OCH3 is 1. The van der Waals surface area contributed by atoms with Gasteiger partial charge in [-0.25, -0.2) is 4.99 Å². The number of hydrogen-bond donors (Lipinski definition) is 1. The number of benzene rings is 2. The van der Waals surface area contributed by atoms with E-state index in [0.717, 1.165) is 5.75 Å². The molecule has 1 N–H and O–H groups in total. The Morgan fingerprint density at radius 1 is 1.25 bits per heavy atom. The van der Waals surface area contributed by atoms with Crippen LogP contribution in [0, 0.1) is 10.1 Å². The molecule has 0 aliphatic carbocycles. The van der Waals surface area contributed by atoms with Gasteiger partial charge in [0.05, 0.1) is 29.2 Å². The van der Waals surface area contributed by atoms with Gasteiger partial charge in [0.1, 0.15) is 5.75 Å². The second kappa shape index (κ2) is 8.57. The number of thioether (sulfide) groups is 1. The van der Waals surface area contributed by atoms with E-state index in [2.05, 4.69) is 10.3 Å². The molecule has 0 atom stereocenters. The molecule has 1 amide bonds. The number of carbonyl (C=O) groups excluding carboxylic acids is 1. The van der Waals surface area contributed by atoms with Crippen molar-refractivity contribution in [3.05, 3.63) is 63.0 Å². The van der Waals surface area contributed by atoms with Crippen molar-refractivity contribution in [2.24, 2.45) is 4.99 Å². The van der Waals surface area contributed by atoms with Crippen LogP contribution >= 0.6 is 11.8 Å². The number of rotatable bonds is 6. The molecule has 0 saturated carbocycles. The third-order valence-electron chi connectivity index (χ3n) is 3.73. The van der Waals surface area contributed by atoms with Crippen LogP contribution in [0.5, 0.6) is 11.5 Å². The topological polar surface area (TPSA) is 103 Å². The van der Waals surface area contributed by atoms with Gasteiger partial charge in [0.2, 0.25) is 0 Å². The monoisotopic (exact) mass is 399 g/mol. The molecule has 1 heterocycles. The Morgan fingerprint density at radius 2 is 2.00 bits per heavy atom. The summed E-state index contributed by atoms with van der Waals surface area (Å²) in [6, 6.07) is 11.7. The molecular formula is C19H17N3O5S. The van der Waals surface area contributed by atoms with Gasteiger partial charge >= 0.3 is 5.69 Å². The average molecular weight is 399 g/mol. The quantitative estimate of drug-likeness (QED) is 0.449. The van der Waals surface area contributed by atoms with E-state index >= 15 is 0 Å². The van der Waals surface area contributed by atoms with Crippen LogP contribution < -0.4 is 14.8 Å². The molecule has 0 bridgehead atoms. The molecule has 3 rings (SSSR count). The molecule has 8 nitrogen and oxygen atoms in total. The van der Waals surface area contributed by atoms with Crippen molar-refractivity contribution in [3.8, 4) is 11.5 Å². The molecule has 1 aliphatic heterocycles. The van der Waals surface area contributed by atoms with Crippen molar-refractivity contribution >= 4 is 40.3 Å². The van der Waals surface area contributed by atoms with Crippen molar-refractivity contribution in [1.29, 1.82) is 0 Å². The van der Waals surface area contributed by atoms with Gasteiger partial charge in [0.25, 0.3) is 5.91 Å². The number of carbonyl (C=O) groups is 1. The van der Waals surface area contributed by atoms with Crippen molar-refractivity contribution in [1.82, 2.24) is 5.32 Å². The highest BCUT2D eigenvalue weighted by Crippen LogP contribution is 2.32. The Bertz CT molecular complexity index is 970. The molecule has 9 heteroatoms. The Balaban J connectivity index is 1.80. The first-order chi connectivity index (χ1) is 13.5. The van der Waals surface area contributed by atoms with Crippen molar-refractivity contribution in [3.63, 3.8) is 0 Å². The minimum Gasteiger partial charge on any atom is -0.494 e. The van der Waals surface area contributed by atoms with E-state index in [0.29, 0.717) is 27.9 Å². The largest absolute Gasteiger partial charge is 0.494 e. The molecule has 1 aliphatic rings. The standard InChI is InChI=1S/C19H17N3O5S/c1-3-27-14-7-5-13(6-8-14)20-19-21-18(23)17(28-19)11-12-4-9-16(26-2)15(10-12)22(24)25/h4-11H,3H2,1-2H3,(H,20,21,23)/b17-11-. The molecule has 0 unspecified atom stereocenters. The minimum atomic E-state index is -0.526. The van der Waals surface area contributed by atoms with Crippen LogP contribution in [0.3, 0.4) is 0 Å². The number of aliphatic imine (C=N–C) groups is 1. The number of nitro benzene ring substituents is 1. The number of nitro groups is 1. The highest BCUT2D eigenvalue weighted by atomic mass is 32.2. The molecule has 0 radical (unpaired) electrons. The first kappa shape index (κ1) is 19.4. The molecular weight excluding hydrogens is 382 g/mol. The number of hydrogen-bond acceptors (Lipinski definition) is 7. The summed E-state index contributed by atoms with van der Waals surface area (Å²) in [5.74, 6) is 0.595. The molecule has 2 aromatic carbocycles. The molecule has 0 aromatic heterocycles. The minimum absolute atomic E-state index is 0.161. The zero-order chi connectivity index (χ0) is 20.1. The fourth-order valence-electron chi connectivity index (χ4n) is 2.47. The summed E-state index contributed by atoms with van der Waals surface area (Å²) in [5.41, 5.74) is 1.03. The van der Waals surface area contributed by atoms with Crippen LogP contribution in [-0.4, -0.2) is 29.7 Å². The Kier molecular flexibility index (Phi) is 5.95. The highest BCUT2D eigenvalue weighted by Gasteiger charge is 2.24. The summed E-state index contributed by atoms with van der Waals surface area (Å²) in [7, 11) is 1.37. The van der Waals surface area contributed by atoms with Crippen LogP contribution in [0.4, 0.5) is 11.4 Å². The Labute approximate surface area is 165 Å². The van der Waals surface area contributed by atoms with Crippen LogP contribution in [0.1, 0.15) is 12.5 Å². The van der Waals surface area contributed by atoms with Gasteiger partial charge in [0, 0.05) is 6.07 Å². The Hall–Kier alpha value is -3.33. The van der Waals surface area contributed by atoms with Crippen LogP contribution in [0.25, 0.3) is 6.08 Å². The third-order valence-corrected chi connectivity index (χ3v) is 4.64. The smallest absolute Gasteiger partial charge is 0.311 e. The lowest BCUT2D eigenvalue weighted by Crippen LogP contribution is -2.19. The predicted octanol–water partition coefficient (Wildman–Crippen LogP) is 3.89. The maximum Gasteiger partial charge on any atom is 0.311 e. The summed E-state index contributed by atoms with van der Waals surface area (Å²) >= 11 is 1.17. The zero-order valence-corrected chi connectivity index (χ0v) is 16.0. The number of amidine groups is 1. The van der Waals surface area contributed by atoms with E-state index < -0.39 is 4.92 Å². The lowest BCUT2D eigenvalue weighted by Gasteiger charge is -2.02. The van der Waals surface area contributed by atoms with Crippen LogP contribution in [0.2, 0.25) is 0 Å². The fourth-order valence-corrected chi connectivity index (χ4v) is 3.31. The predicted molar refractivity (Wildman–Crippen MR) is 108 cm³/mol. The lowest BCUT2D eigenvalue weighted by molar-refractivity contribution is -0.385. The molecule has 1 saturated heterocycles. The molecule has 2 aromatic rings. The normalized spacial score (nSPS) is 16.3. The molecule has 144 valence electrons. The first-order valence-corrected chi connectivity index (χ1v) is 9.16. The van der Waals surface area contributed by atoms with Crippen molar-refractivity contribution < 1.29 is 19.2 Å². The van der Waals surface area contributed by atoms with Crippen molar-refractivity contribution in [2.45, 2.75) is 6.92 Å². The van der Waals surface area contributed by atoms with E-state index in [4.69, 9.17) is 9.47 Å². The van der Waals surface area contributed by atoms with E-state index in [1.54, 1.807) is 36.4 Å². The highest BCUT2D eigenvalue weighted by molar-refractivity contribution is 8.18. The number of nitrogens with zero attached hydrogens (tertiary/aromatic N) is 2. The fraction of sp³-hybridized carbons (Fsp3) is 0.158. The number of ether oxygens (including phenoxy) is 2. The summed E-state index contributed by atoms with van der Waals surface area (Å²) in [4.78, 5) is 27.6.